The zero-order valence-electron chi connectivity index (χ0n) is 15.6. The van der Waals surface area contributed by atoms with E-state index in [-0.39, 0.29) is 11.7 Å². The number of ether oxygens (including phenoxy) is 1. The van der Waals surface area contributed by atoms with Crippen LogP contribution in [0, 0.1) is 0 Å². The van der Waals surface area contributed by atoms with E-state index in [1.165, 1.54) is 12.7 Å². The number of aromatic hydroxyl groups is 1. The van der Waals surface area contributed by atoms with Gasteiger partial charge in [0.2, 0.25) is 0 Å². The van der Waals surface area contributed by atoms with Crippen LogP contribution in [0.4, 0.5) is 11.5 Å². The van der Waals surface area contributed by atoms with Crippen LogP contribution in [-0.2, 0) is 13.0 Å². The first-order valence-electron chi connectivity index (χ1n) is 9.12. The number of methoxy groups -OCH3 is 1. The summed E-state index contributed by atoms with van der Waals surface area (Å²) >= 11 is 0. The topological polar surface area (TPSA) is 74.7 Å². The molecule has 0 unspecified atom stereocenters. The number of amides is 1. The number of hydrogen-bond donors (Lipinski definition) is 2. The summed E-state index contributed by atoms with van der Waals surface area (Å²) in [5.74, 6) is 1.12. The Morgan fingerprint density at radius 1 is 1.18 bits per heavy atom. The summed E-state index contributed by atoms with van der Waals surface area (Å²) in [7, 11) is 1.52. The van der Waals surface area contributed by atoms with Crippen LogP contribution in [-0.4, -0.2) is 29.7 Å². The van der Waals surface area contributed by atoms with E-state index in [0.29, 0.717) is 35.8 Å². The van der Waals surface area contributed by atoms with Crippen molar-refractivity contribution in [3.63, 3.8) is 0 Å². The van der Waals surface area contributed by atoms with Crippen LogP contribution in [0.15, 0.2) is 60.8 Å². The first-order chi connectivity index (χ1) is 13.7. The number of fused-ring (bicyclic) bond motifs is 1. The van der Waals surface area contributed by atoms with Gasteiger partial charge in [-0.15, -0.1) is 0 Å². The van der Waals surface area contributed by atoms with Crippen LogP contribution in [0.25, 0.3) is 0 Å². The average Bonchev–Trinajstić information content (AvgIpc) is 3.17. The molecule has 0 bridgehead atoms. The molecule has 3 aromatic rings. The normalized spacial score (nSPS) is 12.5. The van der Waals surface area contributed by atoms with Crippen molar-refractivity contribution in [1.29, 1.82) is 0 Å². The molecular weight excluding hydrogens is 354 g/mol. The Balaban J connectivity index is 1.44. The highest BCUT2D eigenvalue weighted by atomic mass is 16.5. The van der Waals surface area contributed by atoms with Crippen molar-refractivity contribution >= 4 is 17.4 Å². The third-order valence-electron chi connectivity index (χ3n) is 4.91. The molecule has 1 aliphatic rings. The fraction of sp³-hybridized carbons (Fsp3) is 0.182. The minimum atomic E-state index is -0.0468. The van der Waals surface area contributed by atoms with Gasteiger partial charge in [-0.3, -0.25) is 4.79 Å². The second-order valence-electron chi connectivity index (χ2n) is 6.59. The van der Waals surface area contributed by atoms with E-state index in [4.69, 9.17) is 4.74 Å². The zero-order chi connectivity index (χ0) is 19.5. The van der Waals surface area contributed by atoms with Crippen LogP contribution in [0.1, 0.15) is 21.5 Å². The summed E-state index contributed by atoms with van der Waals surface area (Å²) in [5.41, 5.74) is 3.42. The van der Waals surface area contributed by atoms with Crippen molar-refractivity contribution in [3.8, 4) is 11.5 Å². The van der Waals surface area contributed by atoms with Crippen LogP contribution in [0.5, 0.6) is 11.5 Å². The Bertz CT molecular complexity index is 1000. The Morgan fingerprint density at radius 2 is 2.04 bits per heavy atom. The molecule has 0 saturated carbocycles. The lowest BCUT2D eigenvalue weighted by Crippen LogP contribution is -2.28. The fourth-order valence-corrected chi connectivity index (χ4v) is 3.39. The summed E-state index contributed by atoms with van der Waals surface area (Å²) in [6.45, 7) is 1.08. The van der Waals surface area contributed by atoms with Gasteiger partial charge < -0.3 is 20.1 Å². The number of phenols is 1. The molecule has 1 amide bonds. The number of hydrogen-bond acceptors (Lipinski definition) is 5. The molecule has 1 aromatic heterocycles. The number of pyridine rings is 1. The van der Waals surface area contributed by atoms with Gasteiger partial charge in [-0.2, -0.15) is 0 Å². The van der Waals surface area contributed by atoms with Gasteiger partial charge in [0.15, 0.2) is 11.5 Å². The maximum Gasteiger partial charge on any atom is 0.259 e. The average molecular weight is 375 g/mol. The van der Waals surface area contributed by atoms with E-state index in [1.54, 1.807) is 29.3 Å². The van der Waals surface area contributed by atoms with E-state index < -0.39 is 0 Å². The molecule has 28 heavy (non-hydrogen) atoms. The molecule has 0 fully saturated rings. The first-order valence-corrected chi connectivity index (χ1v) is 9.12. The minimum Gasteiger partial charge on any atom is -0.504 e. The van der Waals surface area contributed by atoms with Gasteiger partial charge in [-0.05, 0) is 36.2 Å². The Morgan fingerprint density at radius 3 is 2.82 bits per heavy atom. The Labute approximate surface area is 163 Å². The van der Waals surface area contributed by atoms with Crippen LogP contribution < -0.4 is 15.0 Å². The highest BCUT2D eigenvalue weighted by Gasteiger charge is 2.25. The molecule has 2 aromatic carbocycles. The van der Waals surface area contributed by atoms with Crippen molar-refractivity contribution in [2.45, 2.75) is 13.0 Å². The van der Waals surface area contributed by atoms with Gasteiger partial charge >= 0.3 is 0 Å². The van der Waals surface area contributed by atoms with Crippen LogP contribution >= 0.6 is 0 Å². The van der Waals surface area contributed by atoms with Crippen molar-refractivity contribution in [2.24, 2.45) is 0 Å². The predicted molar refractivity (Wildman–Crippen MR) is 108 cm³/mol. The van der Waals surface area contributed by atoms with Crippen molar-refractivity contribution < 1.29 is 14.6 Å². The summed E-state index contributed by atoms with van der Waals surface area (Å²) in [4.78, 5) is 19.0. The van der Waals surface area contributed by atoms with Gasteiger partial charge in [0, 0.05) is 30.5 Å². The maximum atomic E-state index is 12.8. The maximum absolute atomic E-state index is 12.8. The van der Waals surface area contributed by atoms with Gasteiger partial charge in [0.25, 0.3) is 5.91 Å². The van der Waals surface area contributed by atoms with Crippen molar-refractivity contribution in [1.82, 2.24) is 4.98 Å². The number of nitrogens with zero attached hydrogens (tertiary/aromatic N) is 2. The molecule has 2 heterocycles. The number of anilines is 2. The van der Waals surface area contributed by atoms with Crippen molar-refractivity contribution in [3.05, 3.63) is 77.5 Å². The monoisotopic (exact) mass is 375 g/mol. The lowest BCUT2D eigenvalue weighted by atomic mass is 10.1. The molecule has 0 spiro atoms. The second-order valence-corrected chi connectivity index (χ2v) is 6.59. The van der Waals surface area contributed by atoms with E-state index in [9.17, 15) is 9.90 Å². The second kappa shape index (κ2) is 7.60. The molecule has 2 N–H and O–H groups in total. The Hall–Kier alpha value is -3.54. The predicted octanol–water partition coefficient (Wildman–Crippen LogP) is 3.61. The molecular formula is C22H21N3O3. The Kier molecular flexibility index (Phi) is 4.85. The molecule has 142 valence electrons. The van der Waals surface area contributed by atoms with Gasteiger partial charge in [-0.25, -0.2) is 4.98 Å². The lowest BCUT2D eigenvalue weighted by molar-refractivity contribution is 0.0989. The number of rotatable bonds is 5. The molecule has 0 atom stereocenters. The number of carbonyl (C=O) groups is 1. The highest BCUT2D eigenvalue weighted by Crippen LogP contribution is 2.30. The van der Waals surface area contributed by atoms with Gasteiger partial charge in [0.05, 0.1) is 12.7 Å². The molecule has 0 saturated heterocycles. The minimum absolute atomic E-state index is 0.0468. The molecule has 6 heteroatoms. The number of nitrogens with one attached hydrogen (secondary N) is 1. The van der Waals surface area contributed by atoms with E-state index in [1.807, 2.05) is 30.3 Å². The van der Waals surface area contributed by atoms with Crippen LogP contribution in [0.3, 0.4) is 0 Å². The number of para-hydroxylation sites is 2. The number of carbonyl (C=O) groups excluding carboxylic acids is 1. The smallest absolute Gasteiger partial charge is 0.259 e. The number of benzene rings is 2. The third kappa shape index (κ3) is 3.36. The largest absolute Gasteiger partial charge is 0.504 e. The molecule has 6 nitrogen and oxygen atoms in total. The SMILES string of the molecule is COc1cccc(CNc2ccc(C(=O)N3CCc4ccccc43)cn2)c1O. The van der Waals surface area contributed by atoms with E-state index in [0.717, 1.165) is 12.1 Å². The van der Waals surface area contributed by atoms with Gasteiger partial charge in [-0.1, -0.05) is 30.3 Å². The number of aromatic nitrogens is 1. The summed E-state index contributed by atoms with van der Waals surface area (Å²) < 4.78 is 5.12. The standard InChI is InChI=1S/C22H21N3O3/c1-28-19-8-4-6-16(21(19)26)13-23-20-10-9-17(14-24-20)22(27)25-12-11-15-5-2-3-7-18(15)25/h2-10,14,26H,11-13H2,1H3,(H,23,24). The summed E-state index contributed by atoms with van der Waals surface area (Å²) in [6.07, 6.45) is 2.45. The van der Waals surface area contributed by atoms with E-state index >= 15 is 0 Å². The van der Waals surface area contributed by atoms with Gasteiger partial charge in [0.1, 0.15) is 5.82 Å². The lowest BCUT2D eigenvalue weighted by Gasteiger charge is -2.17. The zero-order valence-corrected chi connectivity index (χ0v) is 15.6. The fourth-order valence-electron chi connectivity index (χ4n) is 3.39. The van der Waals surface area contributed by atoms with E-state index in [2.05, 4.69) is 16.4 Å². The summed E-state index contributed by atoms with van der Waals surface area (Å²) in [5, 5.41) is 13.3. The molecule has 0 radical (unpaired) electrons. The third-order valence-corrected chi connectivity index (χ3v) is 4.91. The number of phenolic OH excluding ortho intramolecular Hbond substituents is 1. The quantitative estimate of drug-likeness (QED) is 0.713. The first kappa shape index (κ1) is 17.9. The van der Waals surface area contributed by atoms with Crippen LogP contribution in [0.2, 0.25) is 0 Å². The molecule has 1 aliphatic heterocycles. The highest BCUT2D eigenvalue weighted by molar-refractivity contribution is 6.07. The van der Waals surface area contributed by atoms with Crippen molar-refractivity contribution in [2.75, 3.05) is 23.9 Å². The molecule has 0 aliphatic carbocycles. The molecule has 4 rings (SSSR count). The summed E-state index contributed by atoms with van der Waals surface area (Å²) in [6, 6.07) is 16.8.